The summed E-state index contributed by atoms with van der Waals surface area (Å²) in [4.78, 5) is 0. The van der Waals surface area contributed by atoms with E-state index < -0.39 is 5.83 Å². The van der Waals surface area contributed by atoms with Crippen LogP contribution in [0.4, 0.5) is 4.39 Å². The summed E-state index contributed by atoms with van der Waals surface area (Å²) in [5, 5.41) is 9.91. The van der Waals surface area contributed by atoms with Gasteiger partial charge < -0.3 is 10.7 Å². The number of allylic oxidation sites excluding steroid dienone is 2. The third kappa shape index (κ3) is 3.39. The number of hydrogen-bond donors (Lipinski definition) is 4. The molecule has 0 spiro atoms. The van der Waals surface area contributed by atoms with E-state index >= 15 is 0 Å². The molecule has 0 atom stereocenters. The molecule has 14 heavy (non-hydrogen) atoms. The molecule has 0 amide bonds. The lowest BCUT2D eigenvalue weighted by Crippen LogP contribution is -2.29. The van der Waals surface area contributed by atoms with Crippen LogP contribution in [0.1, 0.15) is 0 Å². The van der Waals surface area contributed by atoms with Gasteiger partial charge in [-0.25, -0.2) is 4.39 Å². The minimum atomic E-state index is -0.700. The Morgan fingerprint density at radius 1 is 1.71 bits per heavy atom. The number of halogens is 3. The van der Waals surface area contributed by atoms with Crippen molar-refractivity contribution in [2.45, 2.75) is 0 Å². The first kappa shape index (κ1) is 11.1. The average Bonchev–Trinajstić information content (AvgIpc) is 2.14. The zero-order chi connectivity index (χ0) is 10.6. The van der Waals surface area contributed by atoms with Crippen LogP contribution < -0.4 is 16.2 Å². The van der Waals surface area contributed by atoms with E-state index in [9.17, 15) is 4.39 Å². The van der Waals surface area contributed by atoms with Gasteiger partial charge in [0.15, 0.2) is 5.83 Å². The molecule has 0 aliphatic carbocycles. The molecule has 0 fully saturated rings. The van der Waals surface area contributed by atoms with Crippen LogP contribution in [0.5, 0.6) is 0 Å². The highest BCUT2D eigenvalue weighted by Crippen LogP contribution is 2.06. The van der Waals surface area contributed by atoms with Gasteiger partial charge in [0.05, 0.1) is 5.70 Å². The molecule has 1 aliphatic heterocycles. The van der Waals surface area contributed by atoms with Gasteiger partial charge in [-0.05, 0) is 22.0 Å². The zero-order valence-corrected chi connectivity index (χ0v) is 9.21. The first-order chi connectivity index (χ1) is 6.59. The van der Waals surface area contributed by atoms with Crippen molar-refractivity contribution >= 4 is 32.2 Å². The van der Waals surface area contributed by atoms with E-state index in [1.54, 1.807) is 12.3 Å². The van der Waals surface area contributed by atoms with Crippen LogP contribution in [0.25, 0.3) is 0 Å². The Morgan fingerprint density at radius 3 is 3.00 bits per heavy atom. The standard InChI is InChI=1S/C7H7BrClFN4/c8-7(11)5(10)3-12-4-1-6(9)14-13-2-4/h1-3,11-14H/b5-3+,11-7?. The highest BCUT2D eigenvalue weighted by molar-refractivity contribution is 9.18. The van der Waals surface area contributed by atoms with Crippen LogP contribution in [0.2, 0.25) is 0 Å². The van der Waals surface area contributed by atoms with Gasteiger partial charge in [0.1, 0.15) is 9.78 Å². The van der Waals surface area contributed by atoms with E-state index in [-0.39, 0.29) is 4.62 Å². The fraction of sp³-hybridized carbons (Fsp3) is 0. The van der Waals surface area contributed by atoms with Crippen molar-refractivity contribution in [3.05, 3.63) is 35.2 Å². The van der Waals surface area contributed by atoms with Gasteiger partial charge in [0.25, 0.3) is 0 Å². The molecular weight excluding hydrogens is 274 g/mol. The third-order valence-corrected chi connectivity index (χ3v) is 1.86. The summed E-state index contributed by atoms with van der Waals surface area (Å²) in [7, 11) is 0. The van der Waals surface area contributed by atoms with Gasteiger partial charge in [0.2, 0.25) is 0 Å². The number of rotatable bonds is 3. The van der Waals surface area contributed by atoms with E-state index in [4.69, 9.17) is 17.0 Å². The predicted molar refractivity (Wildman–Crippen MR) is 57.3 cm³/mol. The Balaban J connectivity index is 2.58. The quantitative estimate of drug-likeness (QED) is 0.471. The first-order valence-electron chi connectivity index (χ1n) is 3.55. The monoisotopic (exact) mass is 280 g/mol. The molecule has 0 bridgehead atoms. The summed E-state index contributed by atoms with van der Waals surface area (Å²) >= 11 is 8.32. The maximum atomic E-state index is 12.8. The fourth-order valence-electron chi connectivity index (χ4n) is 0.690. The maximum Gasteiger partial charge on any atom is 0.171 e. The molecule has 0 aromatic heterocycles. The summed E-state index contributed by atoms with van der Waals surface area (Å²) in [5.41, 5.74) is 5.84. The van der Waals surface area contributed by atoms with Crippen LogP contribution >= 0.6 is 27.5 Å². The summed E-state index contributed by atoms with van der Waals surface area (Å²) in [6.07, 6.45) is 4.18. The minimum absolute atomic E-state index is 0.317. The average molecular weight is 282 g/mol. The van der Waals surface area contributed by atoms with Crippen LogP contribution in [-0.4, -0.2) is 4.62 Å². The molecule has 0 saturated carbocycles. The van der Waals surface area contributed by atoms with Gasteiger partial charge in [-0.2, -0.15) is 0 Å². The molecule has 0 aromatic carbocycles. The van der Waals surface area contributed by atoms with E-state index in [1.807, 2.05) is 0 Å². The van der Waals surface area contributed by atoms with E-state index in [0.717, 1.165) is 6.20 Å². The van der Waals surface area contributed by atoms with Crippen LogP contribution in [0.15, 0.2) is 35.2 Å². The molecule has 1 heterocycles. The predicted octanol–water partition coefficient (Wildman–Crippen LogP) is 1.79. The molecule has 0 aromatic rings. The second kappa shape index (κ2) is 5.02. The van der Waals surface area contributed by atoms with Gasteiger partial charge in [-0.15, -0.1) is 0 Å². The zero-order valence-electron chi connectivity index (χ0n) is 6.87. The van der Waals surface area contributed by atoms with E-state index in [0.29, 0.717) is 10.9 Å². The summed E-state index contributed by atoms with van der Waals surface area (Å²) < 4.78 is 12.5. The molecule has 4 nitrogen and oxygen atoms in total. The van der Waals surface area contributed by atoms with Crippen LogP contribution in [-0.2, 0) is 0 Å². The first-order valence-corrected chi connectivity index (χ1v) is 4.72. The molecule has 7 heteroatoms. The van der Waals surface area contributed by atoms with Crippen molar-refractivity contribution < 1.29 is 4.39 Å². The van der Waals surface area contributed by atoms with Crippen LogP contribution in [0, 0.1) is 5.41 Å². The third-order valence-electron chi connectivity index (χ3n) is 1.28. The number of nitrogens with one attached hydrogen (secondary N) is 4. The van der Waals surface area contributed by atoms with Gasteiger partial charge in [-0.1, -0.05) is 11.6 Å². The molecule has 0 unspecified atom stereocenters. The van der Waals surface area contributed by atoms with Crippen molar-refractivity contribution in [3.63, 3.8) is 0 Å². The molecule has 76 valence electrons. The SMILES string of the molecule is N=C(Br)/C(F)=C\NC1=CNNC(Cl)=C1. The Bertz CT molecular complexity index is 337. The second-order valence-electron chi connectivity index (χ2n) is 2.31. The molecule has 0 radical (unpaired) electrons. The summed E-state index contributed by atoms with van der Waals surface area (Å²) in [5.74, 6) is -0.700. The Hall–Kier alpha value is -1.01. The molecule has 0 saturated heterocycles. The molecule has 1 aliphatic rings. The minimum Gasteiger partial charge on any atom is -0.358 e. The number of hydrogen-bond acceptors (Lipinski definition) is 4. The van der Waals surface area contributed by atoms with Gasteiger partial charge in [0, 0.05) is 12.4 Å². The Labute approximate surface area is 93.5 Å². The lowest BCUT2D eigenvalue weighted by Gasteiger charge is -2.12. The topological polar surface area (TPSA) is 59.9 Å². The van der Waals surface area contributed by atoms with E-state index in [1.165, 1.54) is 0 Å². The van der Waals surface area contributed by atoms with Gasteiger partial charge in [-0.3, -0.25) is 10.8 Å². The normalized spacial score (nSPS) is 16.1. The smallest absolute Gasteiger partial charge is 0.171 e. The Morgan fingerprint density at radius 2 is 2.43 bits per heavy atom. The van der Waals surface area contributed by atoms with Crippen molar-refractivity contribution in [2.24, 2.45) is 0 Å². The second-order valence-corrected chi connectivity index (χ2v) is 3.51. The summed E-state index contributed by atoms with van der Waals surface area (Å²) in [6.45, 7) is 0. The fourth-order valence-corrected chi connectivity index (χ4v) is 0.977. The molecular formula is C7H7BrClFN4. The van der Waals surface area contributed by atoms with Gasteiger partial charge >= 0.3 is 0 Å². The Kier molecular flexibility index (Phi) is 3.97. The highest BCUT2D eigenvalue weighted by atomic mass is 79.9. The van der Waals surface area contributed by atoms with E-state index in [2.05, 4.69) is 32.1 Å². The summed E-state index contributed by atoms with van der Waals surface area (Å²) in [6, 6.07) is 0. The van der Waals surface area contributed by atoms with Crippen molar-refractivity contribution in [2.75, 3.05) is 0 Å². The van der Waals surface area contributed by atoms with Crippen molar-refractivity contribution in [1.29, 1.82) is 5.41 Å². The highest BCUT2D eigenvalue weighted by Gasteiger charge is 2.02. The van der Waals surface area contributed by atoms with Crippen LogP contribution in [0.3, 0.4) is 0 Å². The molecule has 4 N–H and O–H groups in total. The lowest BCUT2D eigenvalue weighted by atomic mass is 10.4. The largest absolute Gasteiger partial charge is 0.358 e. The maximum absolute atomic E-state index is 12.8. The van der Waals surface area contributed by atoms with Crippen molar-refractivity contribution in [1.82, 2.24) is 16.2 Å². The molecule has 1 rings (SSSR count). The van der Waals surface area contributed by atoms with Crippen molar-refractivity contribution in [3.8, 4) is 0 Å². The lowest BCUT2D eigenvalue weighted by molar-refractivity contribution is 0.672. The number of hydrazine groups is 1.